The molecule has 0 saturated heterocycles. The summed E-state index contributed by atoms with van der Waals surface area (Å²) in [5, 5.41) is 0.179. The summed E-state index contributed by atoms with van der Waals surface area (Å²) in [6.45, 7) is 0. The second-order valence-corrected chi connectivity index (χ2v) is 2.33. The van der Waals surface area contributed by atoms with Crippen molar-refractivity contribution in [2.24, 2.45) is 0 Å². The van der Waals surface area contributed by atoms with Crippen LogP contribution in [0, 0.1) is 6.07 Å². The summed E-state index contributed by atoms with van der Waals surface area (Å²) in [4.78, 5) is 0. The third kappa shape index (κ3) is 3.10. The molecule has 0 aliphatic heterocycles. The van der Waals surface area contributed by atoms with E-state index in [9.17, 15) is 13.2 Å². The van der Waals surface area contributed by atoms with Gasteiger partial charge in [-0.05, 0) is 18.2 Å². The van der Waals surface area contributed by atoms with Crippen LogP contribution in [0.15, 0.2) is 18.2 Å². The Balaban J connectivity index is 0.00000121. The molecule has 0 bridgehead atoms. The van der Waals surface area contributed by atoms with Crippen molar-refractivity contribution in [2.75, 3.05) is 0 Å². The molecule has 0 saturated carbocycles. The minimum absolute atomic E-state index is 0. The van der Waals surface area contributed by atoms with Crippen LogP contribution in [0.1, 0.15) is 5.56 Å². The molecule has 0 spiro atoms. The zero-order valence-corrected chi connectivity index (χ0v) is 6.00. The first kappa shape index (κ1) is 11.9. The van der Waals surface area contributed by atoms with Crippen LogP contribution < -0.4 is 0 Å². The number of alkyl halides is 3. The van der Waals surface area contributed by atoms with E-state index in [1.165, 1.54) is 0 Å². The van der Waals surface area contributed by atoms with Crippen LogP contribution in [0.4, 0.5) is 13.2 Å². The Kier molecular flexibility index (Phi) is 4.19. The van der Waals surface area contributed by atoms with Gasteiger partial charge in [0.2, 0.25) is 0 Å². The number of hydrogen-bond donors (Lipinski definition) is 0. The van der Waals surface area contributed by atoms with Crippen LogP contribution >= 0.6 is 11.6 Å². The van der Waals surface area contributed by atoms with Gasteiger partial charge in [0.15, 0.2) is 0 Å². The molecule has 5 heteroatoms. The van der Waals surface area contributed by atoms with Gasteiger partial charge in [0, 0.05) is 11.1 Å². The van der Waals surface area contributed by atoms with E-state index in [2.05, 4.69) is 6.07 Å². The van der Waals surface area contributed by atoms with Crippen molar-refractivity contribution in [1.82, 2.24) is 0 Å². The molecule has 0 heterocycles. The van der Waals surface area contributed by atoms with Crippen molar-refractivity contribution in [3.63, 3.8) is 0 Å². The molecule has 1 rings (SSSR count). The zero-order valence-electron chi connectivity index (χ0n) is 5.24. The van der Waals surface area contributed by atoms with Gasteiger partial charge in [-0.15, -0.1) is 0 Å². The second kappa shape index (κ2) is 4.22. The monoisotopic (exact) mass is 187 g/mol. The maximum absolute atomic E-state index is 11.9. The molecular weight excluding hydrogens is 183 g/mol. The predicted molar refractivity (Wildman–Crippen MR) is 42.4 cm³/mol. The molecule has 0 amide bonds. The van der Waals surface area contributed by atoms with Crippen molar-refractivity contribution in [3.05, 3.63) is 34.9 Å². The van der Waals surface area contributed by atoms with Gasteiger partial charge in [-0.3, -0.25) is 0 Å². The SMILES string of the molecule is FC(F)(F)c1c[c]c(Cl)cc1.[LiH]. The van der Waals surface area contributed by atoms with E-state index >= 15 is 0 Å². The van der Waals surface area contributed by atoms with Gasteiger partial charge in [-0.25, -0.2) is 0 Å². The molecule has 0 aliphatic carbocycles. The summed E-state index contributed by atoms with van der Waals surface area (Å²) in [6.07, 6.45) is -4.30. The Labute approximate surface area is 84.9 Å². The number of hydrogen-bond acceptors (Lipinski definition) is 0. The standard InChI is InChI=1S/C7H3ClF3.Li.H/c8-6-3-1-5(2-4-6)7(9,10)11;;/h1-3H;;. The van der Waals surface area contributed by atoms with Crippen molar-refractivity contribution in [3.8, 4) is 0 Å². The quantitative estimate of drug-likeness (QED) is 0.548. The molecule has 0 nitrogen and oxygen atoms in total. The molecule has 0 unspecified atom stereocenters. The van der Waals surface area contributed by atoms with E-state index < -0.39 is 11.7 Å². The van der Waals surface area contributed by atoms with Crippen molar-refractivity contribution < 1.29 is 13.2 Å². The third-order valence-electron chi connectivity index (χ3n) is 1.10. The molecular formula is C7H4ClF3Li. The third-order valence-corrected chi connectivity index (χ3v) is 1.34. The Morgan fingerprint density at radius 2 is 1.83 bits per heavy atom. The van der Waals surface area contributed by atoms with Gasteiger partial charge in [0.25, 0.3) is 0 Å². The molecule has 12 heavy (non-hydrogen) atoms. The van der Waals surface area contributed by atoms with E-state index in [0.29, 0.717) is 0 Å². The van der Waals surface area contributed by atoms with Gasteiger partial charge >= 0.3 is 25.0 Å². The summed E-state index contributed by atoms with van der Waals surface area (Å²) in [5.74, 6) is 0. The summed E-state index contributed by atoms with van der Waals surface area (Å²) in [6, 6.07) is 5.15. The van der Waals surface area contributed by atoms with Crippen molar-refractivity contribution >= 4 is 30.5 Å². The van der Waals surface area contributed by atoms with Crippen LogP contribution in [-0.4, -0.2) is 18.9 Å². The number of benzene rings is 1. The summed E-state index contributed by atoms with van der Waals surface area (Å²) >= 11 is 5.34. The normalized spacial score (nSPS) is 10.7. The molecule has 0 N–H and O–H groups in total. The molecule has 1 aromatic rings. The Bertz CT molecular complexity index is 242. The van der Waals surface area contributed by atoms with Gasteiger partial charge in [-0.1, -0.05) is 11.6 Å². The van der Waals surface area contributed by atoms with Crippen LogP contribution in [0.5, 0.6) is 0 Å². The maximum atomic E-state index is 11.9. The summed E-state index contributed by atoms with van der Waals surface area (Å²) < 4.78 is 35.6. The molecule has 0 aliphatic rings. The van der Waals surface area contributed by atoms with E-state index in [1.807, 2.05) is 0 Å². The first-order valence-electron chi connectivity index (χ1n) is 2.74. The summed E-state index contributed by atoms with van der Waals surface area (Å²) in [5.41, 5.74) is -0.734. The first-order valence-corrected chi connectivity index (χ1v) is 3.12. The minimum atomic E-state index is -4.30. The Morgan fingerprint density at radius 3 is 2.17 bits per heavy atom. The van der Waals surface area contributed by atoms with Crippen LogP contribution in [0.25, 0.3) is 0 Å². The van der Waals surface area contributed by atoms with Gasteiger partial charge < -0.3 is 0 Å². The fraction of sp³-hybridized carbons (Fsp3) is 0.143. The summed E-state index contributed by atoms with van der Waals surface area (Å²) in [7, 11) is 0. The van der Waals surface area contributed by atoms with Gasteiger partial charge in [0.05, 0.1) is 5.56 Å². The molecule has 0 fully saturated rings. The predicted octanol–water partition coefficient (Wildman–Crippen LogP) is 2.51. The molecule has 61 valence electrons. The van der Waals surface area contributed by atoms with E-state index in [-0.39, 0.29) is 23.9 Å². The molecule has 1 radical (unpaired) electrons. The zero-order chi connectivity index (χ0) is 8.48. The fourth-order valence-corrected chi connectivity index (χ4v) is 0.700. The van der Waals surface area contributed by atoms with Crippen LogP contribution in [0.2, 0.25) is 5.02 Å². The van der Waals surface area contributed by atoms with Crippen molar-refractivity contribution in [1.29, 1.82) is 0 Å². The van der Waals surface area contributed by atoms with Crippen LogP contribution in [0.3, 0.4) is 0 Å². The van der Waals surface area contributed by atoms with E-state index in [4.69, 9.17) is 11.6 Å². The number of rotatable bonds is 0. The molecule has 1 aromatic carbocycles. The van der Waals surface area contributed by atoms with E-state index in [0.717, 1.165) is 18.2 Å². The van der Waals surface area contributed by atoms with Gasteiger partial charge in [-0.2, -0.15) is 13.2 Å². The first-order chi connectivity index (χ1) is 5.00. The topological polar surface area (TPSA) is 0 Å². The fourth-order valence-electron chi connectivity index (χ4n) is 0.582. The number of halogens is 4. The molecule has 0 aromatic heterocycles. The van der Waals surface area contributed by atoms with Gasteiger partial charge in [0.1, 0.15) is 0 Å². The average molecular weight is 187 g/mol. The molecule has 0 atom stereocenters. The Hall–Kier alpha value is -0.103. The van der Waals surface area contributed by atoms with Crippen molar-refractivity contribution in [2.45, 2.75) is 6.18 Å². The van der Waals surface area contributed by atoms with E-state index in [1.54, 1.807) is 0 Å². The Morgan fingerprint density at radius 1 is 1.25 bits per heavy atom. The average Bonchev–Trinajstić information content (AvgIpc) is 1.86. The van der Waals surface area contributed by atoms with Crippen LogP contribution in [-0.2, 0) is 6.18 Å². The second-order valence-electron chi connectivity index (χ2n) is 1.92.